The van der Waals surface area contributed by atoms with Gasteiger partial charge in [0.1, 0.15) is 0 Å². The predicted molar refractivity (Wildman–Crippen MR) is 129 cm³/mol. The second-order valence-electron chi connectivity index (χ2n) is 12.2. The highest BCUT2D eigenvalue weighted by Crippen LogP contribution is 2.39. The molecule has 3 rings (SSSR count). The average molecular weight is 433 g/mol. The van der Waals surface area contributed by atoms with Crippen molar-refractivity contribution in [2.75, 3.05) is 30.5 Å². The van der Waals surface area contributed by atoms with Gasteiger partial charge in [0.15, 0.2) is 0 Å². The molecule has 3 heterocycles. The number of nitrogens with two attached hydrogens (primary N) is 1. The third-order valence-corrected chi connectivity index (χ3v) is 7.93. The Kier molecular flexibility index (Phi) is 5.98. The van der Waals surface area contributed by atoms with Crippen molar-refractivity contribution in [1.82, 2.24) is 24.8 Å². The number of likely N-dealkylation sites (tertiary alicyclic amines) is 2. The van der Waals surface area contributed by atoms with E-state index in [4.69, 9.17) is 10.7 Å². The van der Waals surface area contributed by atoms with Crippen molar-refractivity contribution in [3.63, 3.8) is 0 Å². The second-order valence-corrected chi connectivity index (χ2v) is 12.2. The van der Waals surface area contributed by atoms with Crippen molar-refractivity contribution < 1.29 is 0 Å². The molecule has 0 radical (unpaired) electrons. The van der Waals surface area contributed by atoms with Gasteiger partial charge in [0.2, 0.25) is 17.8 Å². The van der Waals surface area contributed by atoms with Crippen LogP contribution in [0.15, 0.2) is 0 Å². The molecule has 2 aliphatic rings. The summed E-state index contributed by atoms with van der Waals surface area (Å²) in [6, 6.07) is 0.550. The highest BCUT2D eigenvalue weighted by molar-refractivity contribution is 5.41. The van der Waals surface area contributed by atoms with Crippen LogP contribution in [0.3, 0.4) is 0 Å². The van der Waals surface area contributed by atoms with Crippen LogP contribution in [0.5, 0.6) is 0 Å². The topological polar surface area (TPSA) is 95.2 Å². The van der Waals surface area contributed by atoms with Crippen LogP contribution in [0.4, 0.5) is 17.8 Å². The van der Waals surface area contributed by atoms with Gasteiger partial charge in [-0.15, -0.1) is 0 Å². The van der Waals surface area contributed by atoms with E-state index in [9.17, 15) is 0 Å². The van der Waals surface area contributed by atoms with Crippen LogP contribution in [0.1, 0.15) is 81.1 Å². The Hall–Kier alpha value is -1.67. The van der Waals surface area contributed by atoms with Crippen LogP contribution < -0.4 is 16.4 Å². The summed E-state index contributed by atoms with van der Waals surface area (Å²) in [6.07, 6.45) is 4.05. The summed E-state index contributed by atoms with van der Waals surface area (Å²) in [6.45, 7) is 18.3. The number of nitrogen functional groups attached to an aromatic ring is 1. The van der Waals surface area contributed by atoms with E-state index >= 15 is 0 Å². The summed E-state index contributed by atoms with van der Waals surface area (Å²) < 4.78 is 0. The van der Waals surface area contributed by atoms with E-state index < -0.39 is 0 Å². The average Bonchev–Trinajstić information content (AvgIpc) is 2.56. The van der Waals surface area contributed by atoms with E-state index in [1.807, 2.05) is 0 Å². The molecule has 0 spiro atoms. The molecule has 0 unspecified atom stereocenters. The Labute approximate surface area is 188 Å². The molecule has 2 fully saturated rings. The lowest BCUT2D eigenvalue weighted by atomic mass is 9.77. The maximum absolute atomic E-state index is 6.07. The van der Waals surface area contributed by atoms with Gasteiger partial charge in [-0.3, -0.25) is 9.80 Å². The highest BCUT2D eigenvalue weighted by Gasteiger charge is 2.44. The van der Waals surface area contributed by atoms with Crippen molar-refractivity contribution >= 4 is 17.8 Å². The zero-order valence-corrected chi connectivity index (χ0v) is 21.3. The van der Waals surface area contributed by atoms with Crippen LogP contribution in [-0.2, 0) is 0 Å². The molecule has 0 aromatic carbocycles. The van der Waals surface area contributed by atoms with Crippen LogP contribution in [0, 0.1) is 0 Å². The second kappa shape index (κ2) is 7.73. The first-order chi connectivity index (χ1) is 14.0. The predicted octanol–water partition coefficient (Wildman–Crippen LogP) is 3.58. The molecule has 8 nitrogen and oxygen atoms in total. The van der Waals surface area contributed by atoms with E-state index in [1.165, 1.54) is 0 Å². The Morgan fingerprint density at radius 2 is 0.935 bits per heavy atom. The minimum atomic E-state index is 0.0877. The third-order valence-electron chi connectivity index (χ3n) is 7.93. The van der Waals surface area contributed by atoms with Crippen molar-refractivity contribution in [2.24, 2.45) is 0 Å². The molecule has 176 valence electrons. The molecule has 8 heteroatoms. The van der Waals surface area contributed by atoms with Crippen molar-refractivity contribution in [1.29, 1.82) is 0 Å². The standard InChI is InChI=1S/C23H44N8/c1-20(2)11-15(12-21(3,4)30(20)9)25-18-27-17(24)28-19(29-18)26-16-13-22(5,6)31(10)23(7,8)14-16/h15-16H,11-14H2,1-10H3,(H4,24,25,26,27,28,29). The Balaban J connectivity index is 1.75. The zero-order chi connectivity index (χ0) is 23.4. The number of nitrogens with one attached hydrogen (secondary N) is 2. The Bertz CT molecular complexity index is 703. The number of hydrogen-bond donors (Lipinski definition) is 3. The highest BCUT2D eigenvalue weighted by atomic mass is 15.3. The molecular formula is C23H44N8. The fraction of sp³-hybridized carbons (Fsp3) is 0.870. The van der Waals surface area contributed by atoms with Gasteiger partial charge in [-0.25, -0.2) is 0 Å². The number of hydrogen-bond acceptors (Lipinski definition) is 8. The first kappa shape index (κ1) is 24.0. The van der Waals surface area contributed by atoms with Gasteiger partial charge in [-0.1, -0.05) is 0 Å². The van der Waals surface area contributed by atoms with Gasteiger partial charge < -0.3 is 16.4 Å². The summed E-state index contributed by atoms with van der Waals surface area (Å²) in [4.78, 5) is 18.4. The minimum Gasteiger partial charge on any atom is -0.368 e. The number of nitrogens with zero attached hydrogens (tertiary/aromatic N) is 5. The molecule has 0 amide bonds. The number of aromatic nitrogens is 3. The van der Waals surface area contributed by atoms with Gasteiger partial charge in [0, 0.05) is 34.2 Å². The van der Waals surface area contributed by atoms with Gasteiger partial charge in [0.05, 0.1) is 0 Å². The van der Waals surface area contributed by atoms with Crippen molar-refractivity contribution in [3.8, 4) is 0 Å². The van der Waals surface area contributed by atoms with Crippen LogP contribution in [-0.4, -0.2) is 73.1 Å². The normalized spacial score (nSPS) is 26.5. The fourth-order valence-corrected chi connectivity index (χ4v) is 5.83. The van der Waals surface area contributed by atoms with Crippen molar-refractivity contribution in [3.05, 3.63) is 0 Å². The summed E-state index contributed by atoms with van der Waals surface area (Å²) >= 11 is 0. The largest absolute Gasteiger partial charge is 0.368 e. The molecular weight excluding hydrogens is 388 g/mol. The number of anilines is 3. The molecule has 1 aromatic heterocycles. The van der Waals surface area contributed by atoms with Gasteiger partial charge in [-0.05, 0) is 95.2 Å². The van der Waals surface area contributed by atoms with E-state index in [1.54, 1.807) is 0 Å². The lowest BCUT2D eigenvalue weighted by Crippen LogP contribution is -2.61. The lowest BCUT2D eigenvalue weighted by molar-refractivity contribution is -0.00791. The molecule has 0 bridgehead atoms. The molecule has 0 atom stereocenters. The monoisotopic (exact) mass is 432 g/mol. The molecule has 0 aliphatic carbocycles. The maximum Gasteiger partial charge on any atom is 0.229 e. The summed E-state index contributed by atoms with van der Waals surface area (Å²) in [7, 11) is 4.42. The quantitative estimate of drug-likeness (QED) is 0.664. The SMILES string of the molecule is CN1C(C)(C)CC(Nc2nc(N)nc(NC3CC(C)(C)N(C)C(C)(C)C3)n2)CC1(C)C. The zero-order valence-electron chi connectivity index (χ0n) is 21.3. The van der Waals surface area contributed by atoms with E-state index in [-0.39, 0.29) is 40.2 Å². The summed E-state index contributed by atoms with van der Waals surface area (Å²) in [5.41, 5.74) is 6.42. The fourth-order valence-electron chi connectivity index (χ4n) is 5.83. The minimum absolute atomic E-state index is 0.0877. The number of rotatable bonds is 4. The van der Waals surface area contributed by atoms with Gasteiger partial charge in [-0.2, -0.15) is 15.0 Å². The Morgan fingerprint density at radius 1 is 0.645 bits per heavy atom. The van der Waals surface area contributed by atoms with Crippen molar-refractivity contribution in [2.45, 2.75) is 115 Å². The third kappa shape index (κ3) is 5.06. The smallest absolute Gasteiger partial charge is 0.229 e. The molecule has 2 aliphatic heterocycles. The molecule has 0 saturated carbocycles. The summed E-state index contributed by atoms with van der Waals surface area (Å²) in [5, 5.41) is 7.11. The molecule has 4 N–H and O–H groups in total. The van der Waals surface area contributed by atoms with Crippen LogP contribution in [0.25, 0.3) is 0 Å². The number of piperidine rings is 2. The first-order valence-corrected chi connectivity index (χ1v) is 11.5. The maximum atomic E-state index is 6.07. The molecule has 2 saturated heterocycles. The lowest BCUT2D eigenvalue weighted by Gasteiger charge is -2.53. The van der Waals surface area contributed by atoms with E-state index in [0.717, 1.165) is 25.7 Å². The molecule has 31 heavy (non-hydrogen) atoms. The van der Waals surface area contributed by atoms with Gasteiger partial charge in [0.25, 0.3) is 0 Å². The van der Waals surface area contributed by atoms with Crippen LogP contribution in [0.2, 0.25) is 0 Å². The van der Waals surface area contributed by atoms with Gasteiger partial charge >= 0.3 is 0 Å². The first-order valence-electron chi connectivity index (χ1n) is 11.5. The Morgan fingerprint density at radius 3 is 1.23 bits per heavy atom. The summed E-state index contributed by atoms with van der Waals surface area (Å²) in [5.74, 6) is 1.36. The van der Waals surface area contributed by atoms with E-state index in [2.05, 4.69) is 99.9 Å². The van der Waals surface area contributed by atoms with Crippen LogP contribution >= 0.6 is 0 Å². The molecule has 1 aromatic rings. The van der Waals surface area contributed by atoms with E-state index in [0.29, 0.717) is 11.9 Å².